The first-order valence-corrected chi connectivity index (χ1v) is 9.35. The Morgan fingerprint density at radius 3 is 2.72 bits per heavy atom. The molecule has 0 spiro atoms. The Morgan fingerprint density at radius 2 is 2.08 bits per heavy atom. The summed E-state index contributed by atoms with van der Waals surface area (Å²) in [5, 5.41) is 6.98. The number of carbonyl (C=O) groups excluding carboxylic acids is 1. The number of hydrogen-bond acceptors (Lipinski definition) is 4. The zero-order chi connectivity index (χ0) is 17.6. The van der Waals surface area contributed by atoms with E-state index in [2.05, 4.69) is 49.6 Å². The number of fused-ring (bicyclic) bond motifs is 1. The lowest BCUT2D eigenvalue weighted by atomic mass is 10.0. The van der Waals surface area contributed by atoms with Crippen LogP contribution in [0.1, 0.15) is 39.2 Å². The predicted molar refractivity (Wildman–Crippen MR) is 101 cm³/mol. The molecule has 1 saturated heterocycles. The maximum absolute atomic E-state index is 13.1. The molecule has 2 aliphatic heterocycles. The molecule has 4 rings (SSSR count). The van der Waals surface area contributed by atoms with Gasteiger partial charge in [0.2, 0.25) is 0 Å². The summed E-state index contributed by atoms with van der Waals surface area (Å²) in [6.45, 7) is 8.27. The van der Waals surface area contributed by atoms with E-state index < -0.39 is 0 Å². The van der Waals surface area contributed by atoms with Crippen molar-refractivity contribution in [2.75, 3.05) is 30.0 Å². The molecule has 2 heterocycles. The number of rotatable bonds is 4. The lowest BCUT2D eigenvalue weighted by Crippen LogP contribution is -2.35. The van der Waals surface area contributed by atoms with E-state index in [4.69, 9.17) is 4.74 Å². The van der Waals surface area contributed by atoms with Crippen LogP contribution < -0.4 is 15.5 Å². The molecule has 1 amide bonds. The predicted octanol–water partition coefficient (Wildman–Crippen LogP) is 2.98. The highest BCUT2D eigenvalue weighted by Gasteiger charge is 2.37. The molecule has 2 N–H and O–H groups in total. The van der Waals surface area contributed by atoms with Crippen molar-refractivity contribution in [2.45, 2.75) is 45.7 Å². The number of carbonyl (C=O) groups is 1. The first-order valence-electron chi connectivity index (χ1n) is 9.35. The molecule has 0 bridgehead atoms. The smallest absolute Gasteiger partial charge is 0.261 e. The Hall–Kier alpha value is -2.01. The first-order chi connectivity index (χ1) is 12.1. The van der Waals surface area contributed by atoms with Gasteiger partial charge in [-0.15, -0.1) is 0 Å². The van der Waals surface area contributed by atoms with E-state index in [1.54, 1.807) is 0 Å². The molecule has 25 heavy (non-hydrogen) atoms. The standard InChI is InChI=1S/C20H27N3O2/c1-12(2)23-18-7-6-15(22-13(3)14-4-5-14)10-16(18)19(20(23)24)17-11-25-9-8-21-17/h6-7,10,12-14,21-22H,4-5,8-9,11H2,1-3H3/b19-17-. The van der Waals surface area contributed by atoms with Crippen LogP contribution in [0, 0.1) is 5.92 Å². The molecule has 1 aliphatic carbocycles. The van der Waals surface area contributed by atoms with Crippen molar-refractivity contribution in [3.63, 3.8) is 0 Å². The zero-order valence-electron chi connectivity index (χ0n) is 15.3. The number of benzene rings is 1. The van der Waals surface area contributed by atoms with Crippen molar-refractivity contribution in [1.82, 2.24) is 5.32 Å². The fourth-order valence-electron chi connectivity index (χ4n) is 3.82. The van der Waals surface area contributed by atoms with Gasteiger partial charge in [0, 0.05) is 29.9 Å². The molecule has 1 aromatic carbocycles. The lowest BCUT2D eigenvalue weighted by molar-refractivity contribution is -0.113. The number of ether oxygens (including phenoxy) is 1. The van der Waals surface area contributed by atoms with Crippen LogP contribution in [0.15, 0.2) is 23.9 Å². The van der Waals surface area contributed by atoms with E-state index in [0.717, 1.165) is 40.7 Å². The lowest BCUT2D eigenvalue weighted by Gasteiger charge is -2.22. The number of nitrogens with one attached hydrogen (secondary N) is 2. The topological polar surface area (TPSA) is 53.6 Å². The van der Waals surface area contributed by atoms with Crippen molar-refractivity contribution in [1.29, 1.82) is 0 Å². The van der Waals surface area contributed by atoms with Crippen molar-refractivity contribution >= 4 is 22.9 Å². The first kappa shape index (κ1) is 16.5. The normalized spacial score (nSPS) is 24.3. The third kappa shape index (κ3) is 3.01. The molecule has 2 fully saturated rings. The molecule has 0 radical (unpaired) electrons. The second-order valence-electron chi connectivity index (χ2n) is 7.60. The van der Waals surface area contributed by atoms with Crippen molar-refractivity contribution < 1.29 is 9.53 Å². The van der Waals surface area contributed by atoms with E-state index in [9.17, 15) is 4.79 Å². The van der Waals surface area contributed by atoms with Gasteiger partial charge in [0.05, 0.1) is 30.2 Å². The maximum Gasteiger partial charge on any atom is 0.261 e. The van der Waals surface area contributed by atoms with E-state index in [1.807, 2.05) is 4.90 Å². The molecule has 134 valence electrons. The number of hydrogen-bond donors (Lipinski definition) is 2. The van der Waals surface area contributed by atoms with Crippen molar-refractivity contribution in [2.24, 2.45) is 5.92 Å². The third-order valence-electron chi connectivity index (χ3n) is 5.33. The summed E-state index contributed by atoms with van der Waals surface area (Å²) in [5.74, 6) is 0.860. The Bertz CT molecular complexity index is 714. The average molecular weight is 341 g/mol. The second-order valence-corrected chi connectivity index (χ2v) is 7.60. The van der Waals surface area contributed by atoms with Gasteiger partial charge in [0.25, 0.3) is 5.91 Å². The number of nitrogens with zero attached hydrogens (tertiary/aromatic N) is 1. The summed E-state index contributed by atoms with van der Waals surface area (Å²) >= 11 is 0. The van der Waals surface area contributed by atoms with Crippen molar-refractivity contribution in [3.8, 4) is 0 Å². The van der Waals surface area contributed by atoms with Crippen LogP contribution in [0.4, 0.5) is 11.4 Å². The van der Waals surface area contributed by atoms with Gasteiger partial charge in [-0.1, -0.05) is 0 Å². The Morgan fingerprint density at radius 1 is 1.28 bits per heavy atom. The van der Waals surface area contributed by atoms with Gasteiger partial charge in [0.15, 0.2) is 0 Å². The largest absolute Gasteiger partial charge is 0.383 e. The molecular weight excluding hydrogens is 314 g/mol. The third-order valence-corrected chi connectivity index (χ3v) is 5.33. The van der Waals surface area contributed by atoms with Gasteiger partial charge in [-0.2, -0.15) is 0 Å². The number of amides is 1. The molecule has 1 unspecified atom stereocenters. The SMILES string of the molecule is CC(Nc1ccc2c(c1)/C(=C1\COCCN1)C(=O)N2C(C)C)C1CC1. The van der Waals surface area contributed by atoms with E-state index in [1.165, 1.54) is 12.8 Å². The minimum atomic E-state index is 0.0744. The minimum Gasteiger partial charge on any atom is -0.383 e. The fourth-order valence-corrected chi connectivity index (χ4v) is 3.82. The molecule has 3 aliphatic rings. The number of anilines is 2. The zero-order valence-corrected chi connectivity index (χ0v) is 15.3. The molecule has 1 atom stereocenters. The van der Waals surface area contributed by atoms with E-state index in [0.29, 0.717) is 19.3 Å². The van der Waals surface area contributed by atoms with Crippen LogP contribution in [0.3, 0.4) is 0 Å². The Balaban J connectivity index is 1.74. The van der Waals surface area contributed by atoms with Crippen LogP contribution in [0.25, 0.3) is 5.57 Å². The summed E-state index contributed by atoms with van der Waals surface area (Å²) in [5.41, 5.74) is 4.78. The number of morpholine rings is 1. The van der Waals surface area contributed by atoms with Gasteiger partial charge in [-0.3, -0.25) is 4.79 Å². The quantitative estimate of drug-likeness (QED) is 0.827. The monoisotopic (exact) mass is 341 g/mol. The maximum atomic E-state index is 13.1. The highest BCUT2D eigenvalue weighted by atomic mass is 16.5. The van der Waals surface area contributed by atoms with Crippen LogP contribution in [0.2, 0.25) is 0 Å². The van der Waals surface area contributed by atoms with Crippen LogP contribution >= 0.6 is 0 Å². The Labute approximate surface area is 149 Å². The summed E-state index contributed by atoms with van der Waals surface area (Å²) < 4.78 is 5.58. The Kier molecular flexibility index (Phi) is 4.20. The highest BCUT2D eigenvalue weighted by molar-refractivity contribution is 6.33. The summed E-state index contributed by atoms with van der Waals surface area (Å²) in [4.78, 5) is 15.0. The summed E-state index contributed by atoms with van der Waals surface area (Å²) in [6.07, 6.45) is 2.63. The molecule has 5 heteroatoms. The van der Waals surface area contributed by atoms with Gasteiger partial charge in [-0.25, -0.2) is 0 Å². The second kappa shape index (κ2) is 6.37. The van der Waals surface area contributed by atoms with E-state index in [-0.39, 0.29) is 11.9 Å². The van der Waals surface area contributed by atoms with E-state index >= 15 is 0 Å². The molecule has 1 saturated carbocycles. The van der Waals surface area contributed by atoms with Crippen LogP contribution in [0.5, 0.6) is 0 Å². The summed E-state index contributed by atoms with van der Waals surface area (Å²) in [6, 6.07) is 6.90. The van der Waals surface area contributed by atoms with Crippen LogP contribution in [-0.2, 0) is 9.53 Å². The molecule has 5 nitrogen and oxygen atoms in total. The minimum absolute atomic E-state index is 0.0744. The van der Waals surface area contributed by atoms with Crippen molar-refractivity contribution in [3.05, 3.63) is 29.5 Å². The van der Waals surface area contributed by atoms with Gasteiger partial charge in [-0.05, 0) is 57.7 Å². The molecule has 0 aromatic heterocycles. The van der Waals surface area contributed by atoms with Gasteiger partial charge >= 0.3 is 0 Å². The van der Waals surface area contributed by atoms with Crippen LogP contribution in [-0.4, -0.2) is 37.7 Å². The molecule has 1 aromatic rings. The van der Waals surface area contributed by atoms with Gasteiger partial charge in [0.1, 0.15) is 0 Å². The fraction of sp³-hybridized carbons (Fsp3) is 0.550. The highest BCUT2D eigenvalue weighted by Crippen LogP contribution is 2.42. The average Bonchev–Trinajstić information content (AvgIpc) is 3.39. The van der Waals surface area contributed by atoms with Gasteiger partial charge < -0.3 is 20.3 Å². The summed E-state index contributed by atoms with van der Waals surface area (Å²) in [7, 11) is 0. The molecular formula is C20H27N3O2.